The van der Waals surface area contributed by atoms with Gasteiger partial charge in [-0.05, 0) is 51.2 Å². The summed E-state index contributed by atoms with van der Waals surface area (Å²) < 4.78 is 4.18. The molecule has 3 heteroatoms. The van der Waals surface area contributed by atoms with E-state index < -0.39 is 0 Å². The normalized spacial score (nSPS) is 10.7. The fourth-order valence-electron chi connectivity index (χ4n) is 0.984. The average Bonchev–Trinajstić information content (AvgIpc) is 2.30. The van der Waals surface area contributed by atoms with Gasteiger partial charge in [-0.1, -0.05) is 18.2 Å². The highest BCUT2D eigenvalue weighted by molar-refractivity contribution is 14.1. The van der Waals surface area contributed by atoms with E-state index in [1.165, 1.54) is 16.5 Å². The van der Waals surface area contributed by atoms with Crippen molar-refractivity contribution in [3.63, 3.8) is 0 Å². The molecule has 0 fully saturated rings. The molecule has 0 unspecified atom stereocenters. The van der Waals surface area contributed by atoms with Gasteiger partial charge in [0.25, 0.3) is 0 Å². The van der Waals surface area contributed by atoms with Crippen molar-refractivity contribution in [2.75, 3.05) is 0 Å². The zero-order valence-corrected chi connectivity index (χ0v) is 10.6. The highest BCUT2D eigenvalue weighted by Gasteiger charge is 2.04. The summed E-state index contributed by atoms with van der Waals surface area (Å²) in [7, 11) is 0. The summed E-state index contributed by atoms with van der Waals surface area (Å²) in [5, 5.41) is 1.39. The smallest absolute Gasteiger partial charge is 0.0799 e. The van der Waals surface area contributed by atoms with Crippen LogP contribution in [0, 0.1) is 6.45 Å². The molecule has 1 aromatic carbocycles. The second-order valence-electron chi connectivity index (χ2n) is 2.19. The number of rotatable bonds is 0. The van der Waals surface area contributed by atoms with Crippen molar-refractivity contribution >= 4 is 66.6 Å². The molecule has 0 spiro atoms. The highest BCUT2D eigenvalue weighted by Crippen LogP contribution is 2.32. The minimum Gasteiger partial charge on any atom is -0.128 e. The van der Waals surface area contributed by atoms with Crippen molar-refractivity contribution in [2.45, 2.75) is 0 Å². The van der Waals surface area contributed by atoms with Gasteiger partial charge < -0.3 is 0 Å². The molecule has 0 atom stereocenters. The second-order valence-corrected chi connectivity index (χ2v) is 6.13. The van der Waals surface area contributed by atoms with Crippen molar-refractivity contribution in [2.24, 2.45) is 0 Å². The summed E-state index contributed by atoms with van der Waals surface area (Å²) in [6.45, 7) is 0. The maximum Gasteiger partial charge on any atom is 0.0799 e. The number of hydrogen-bond acceptors (Lipinski definition) is 1. The molecule has 0 saturated heterocycles. The fourth-order valence-corrected chi connectivity index (χ4v) is 3.79. The van der Waals surface area contributed by atoms with E-state index in [0.717, 1.165) is 0 Å². The van der Waals surface area contributed by atoms with E-state index in [0.29, 0.717) is 0 Å². The van der Waals surface area contributed by atoms with Crippen LogP contribution in [-0.2, 0) is 0 Å². The number of thiophene rings is 1. The van der Waals surface area contributed by atoms with Crippen LogP contribution in [0.25, 0.3) is 10.1 Å². The topological polar surface area (TPSA) is 0 Å². The Balaban J connectivity index is 2.92. The van der Waals surface area contributed by atoms with Crippen LogP contribution < -0.4 is 0 Å². The van der Waals surface area contributed by atoms with Crippen molar-refractivity contribution in [3.8, 4) is 0 Å². The molecule has 0 amide bonds. The summed E-state index contributed by atoms with van der Waals surface area (Å²) >= 11 is 6.65. The molecule has 0 bridgehead atoms. The zero-order chi connectivity index (χ0) is 7.84. The van der Waals surface area contributed by atoms with Crippen LogP contribution >= 0.6 is 56.5 Å². The number of fused-ring (bicyclic) bond motifs is 1. The molecule has 0 aliphatic rings. The Kier molecular flexibility index (Phi) is 2.38. The van der Waals surface area contributed by atoms with Crippen LogP contribution in [0.1, 0.15) is 0 Å². The van der Waals surface area contributed by atoms with E-state index in [9.17, 15) is 0 Å². The van der Waals surface area contributed by atoms with Gasteiger partial charge in [-0.25, -0.2) is 0 Å². The first kappa shape index (κ1) is 8.25. The third kappa shape index (κ3) is 1.42. The van der Waals surface area contributed by atoms with Crippen molar-refractivity contribution in [3.05, 3.63) is 30.7 Å². The maximum absolute atomic E-state index is 2.40. The molecule has 0 aliphatic heterocycles. The summed E-state index contributed by atoms with van der Waals surface area (Å²) in [5.41, 5.74) is 0. The fraction of sp³-hybridized carbons (Fsp3) is 0. The van der Waals surface area contributed by atoms with Crippen molar-refractivity contribution in [1.29, 1.82) is 0 Å². The van der Waals surface area contributed by atoms with Gasteiger partial charge in [-0.2, -0.15) is 0 Å². The van der Waals surface area contributed by atoms with E-state index in [2.05, 4.69) is 69.4 Å². The predicted molar refractivity (Wildman–Crippen MR) is 67.3 cm³/mol. The summed E-state index contributed by atoms with van der Waals surface area (Å²) in [4.78, 5) is 0. The minimum atomic E-state index is 1.39. The van der Waals surface area contributed by atoms with E-state index in [1.54, 1.807) is 0 Å². The first-order valence-corrected chi connectivity index (χ1v) is 6.09. The van der Waals surface area contributed by atoms with Gasteiger partial charge in [0.2, 0.25) is 0 Å². The third-order valence-electron chi connectivity index (χ3n) is 1.50. The number of hydrogen-bond donors (Lipinski definition) is 0. The van der Waals surface area contributed by atoms with Crippen LogP contribution in [0.3, 0.4) is 0 Å². The van der Waals surface area contributed by atoms with Gasteiger partial charge in [0, 0.05) is 13.7 Å². The van der Waals surface area contributed by atoms with E-state index in [-0.39, 0.29) is 0 Å². The van der Waals surface area contributed by atoms with Crippen LogP contribution in [-0.4, -0.2) is 0 Å². The minimum absolute atomic E-state index is 1.39. The van der Waals surface area contributed by atoms with Crippen LogP contribution in [0.15, 0.2) is 24.3 Å². The molecule has 11 heavy (non-hydrogen) atoms. The molecule has 0 N–H and O–H groups in total. The zero-order valence-electron chi connectivity index (χ0n) is 5.47. The average molecular weight is 386 g/mol. The molecule has 0 saturated carbocycles. The lowest BCUT2D eigenvalue weighted by Gasteiger charge is -1.86. The molecule has 2 rings (SSSR count). The predicted octanol–water partition coefficient (Wildman–Crippen LogP) is 4.11. The number of benzene rings is 1. The molecule has 2 aromatic rings. The summed E-state index contributed by atoms with van der Waals surface area (Å²) in [5.74, 6) is 0. The van der Waals surface area contributed by atoms with Crippen LogP contribution in [0.5, 0.6) is 0 Å². The first-order valence-electron chi connectivity index (χ1n) is 3.11. The lowest BCUT2D eigenvalue weighted by molar-refractivity contribution is 1.81. The molecule has 0 aliphatic carbocycles. The standard InChI is InChI=1S/C8H4I2S/c9-7-5-3-1-2-4-6(5)11-8(7)10/h1-4H. The lowest BCUT2D eigenvalue weighted by Crippen LogP contribution is -1.66. The summed E-state index contributed by atoms with van der Waals surface area (Å²) in [6.07, 6.45) is 0. The van der Waals surface area contributed by atoms with Crippen molar-refractivity contribution < 1.29 is 0 Å². The number of halogens is 2. The van der Waals surface area contributed by atoms with Gasteiger partial charge in [-0.3, -0.25) is 0 Å². The Morgan fingerprint density at radius 2 is 1.82 bits per heavy atom. The first-order chi connectivity index (χ1) is 5.29. The Morgan fingerprint density at radius 1 is 1.09 bits per heavy atom. The quantitative estimate of drug-likeness (QED) is 0.598. The van der Waals surface area contributed by atoms with Crippen LogP contribution in [0.2, 0.25) is 0 Å². The van der Waals surface area contributed by atoms with Gasteiger partial charge >= 0.3 is 0 Å². The highest BCUT2D eigenvalue weighted by atomic mass is 127. The van der Waals surface area contributed by atoms with E-state index in [1.807, 2.05) is 11.3 Å². The summed E-state index contributed by atoms with van der Waals surface area (Å²) in [6, 6.07) is 8.53. The van der Waals surface area contributed by atoms with Crippen LogP contribution in [0.4, 0.5) is 0 Å². The third-order valence-corrected chi connectivity index (χ3v) is 6.17. The second kappa shape index (κ2) is 3.18. The Hall–Kier alpha value is 0.640. The Morgan fingerprint density at radius 3 is 2.55 bits per heavy atom. The SMILES string of the molecule is Ic1sc2ccccc2c1I. The molecular weight excluding hydrogens is 382 g/mol. The van der Waals surface area contributed by atoms with Gasteiger partial charge in [0.1, 0.15) is 0 Å². The van der Waals surface area contributed by atoms with Gasteiger partial charge in [0.05, 0.1) is 2.88 Å². The Bertz CT molecular complexity index is 392. The van der Waals surface area contributed by atoms with E-state index in [4.69, 9.17) is 0 Å². The maximum atomic E-state index is 2.40. The largest absolute Gasteiger partial charge is 0.128 e. The molecule has 0 radical (unpaired) electrons. The molecule has 1 aromatic heterocycles. The molecule has 56 valence electrons. The molecular formula is C8H4I2S. The molecule has 0 nitrogen and oxygen atoms in total. The van der Waals surface area contributed by atoms with E-state index >= 15 is 0 Å². The molecule has 1 heterocycles. The van der Waals surface area contributed by atoms with Crippen molar-refractivity contribution in [1.82, 2.24) is 0 Å². The monoisotopic (exact) mass is 386 g/mol. The van der Waals surface area contributed by atoms with Gasteiger partial charge in [-0.15, -0.1) is 11.3 Å². The lowest BCUT2D eigenvalue weighted by atomic mass is 10.3. The van der Waals surface area contributed by atoms with Gasteiger partial charge in [0.15, 0.2) is 0 Å². The Labute approximate surface area is 96.3 Å².